The lowest BCUT2D eigenvalue weighted by atomic mass is 10.1. The number of amides is 2. The Morgan fingerprint density at radius 3 is 2.42 bits per heavy atom. The number of hydrogen-bond donors (Lipinski definition) is 2. The van der Waals surface area contributed by atoms with Gasteiger partial charge in [-0.2, -0.15) is 0 Å². The van der Waals surface area contributed by atoms with Crippen LogP contribution in [0.1, 0.15) is 16.6 Å². The maximum absolute atomic E-state index is 13.0. The van der Waals surface area contributed by atoms with Gasteiger partial charge in [0.1, 0.15) is 15.2 Å². The van der Waals surface area contributed by atoms with E-state index in [1.54, 1.807) is 36.8 Å². The van der Waals surface area contributed by atoms with Crippen LogP contribution in [-0.4, -0.2) is 47.5 Å². The maximum Gasteiger partial charge on any atom is 0.309 e. The van der Waals surface area contributed by atoms with Gasteiger partial charge in [-0.25, -0.2) is 8.42 Å². The molecule has 3 aromatic rings. The van der Waals surface area contributed by atoms with Gasteiger partial charge < -0.3 is 24.5 Å². The first-order chi connectivity index (χ1) is 15.9. The van der Waals surface area contributed by atoms with Crippen molar-refractivity contribution in [2.75, 3.05) is 27.3 Å². The fraction of sp³-hybridized carbons (Fsp3) is 0.273. The smallest absolute Gasteiger partial charge is 0.309 e. The molecule has 0 bridgehead atoms. The zero-order chi connectivity index (χ0) is 23.8. The number of rotatable bonds is 10. The summed E-state index contributed by atoms with van der Waals surface area (Å²) >= 11 is 1.07. The summed E-state index contributed by atoms with van der Waals surface area (Å²) in [4.78, 5) is 24.5. The first kappa shape index (κ1) is 24.3. The molecular formula is C22H24N2O7S2. The Kier molecular flexibility index (Phi) is 8.12. The van der Waals surface area contributed by atoms with E-state index in [1.165, 1.54) is 25.5 Å². The van der Waals surface area contributed by atoms with Crippen LogP contribution in [0.25, 0.3) is 0 Å². The molecule has 0 aliphatic heterocycles. The number of thiophene rings is 1. The normalized spacial score (nSPS) is 12.1. The van der Waals surface area contributed by atoms with Gasteiger partial charge in [0.15, 0.2) is 21.3 Å². The standard InChI is InChI=1S/C22H24N2O7S2/c1-29-16-8-7-15(13-18(16)30-2)9-10-23-21(25)22(26)24-14-19(17-5-3-11-31-17)33(27,28)20-6-4-12-32-20/h3-8,11-13,19H,9-10,14H2,1-2H3,(H,23,25)(H,24,26)/t19-/m1/s1. The Hall–Kier alpha value is -3.31. The molecular weight excluding hydrogens is 468 g/mol. The third kappa shape index (κ3) is 5.93. The molecule has 33 heavy (non-hydrogen) atoms. The number of carbonyl (C=O) groups is 2. The highest BCUT2D eigenvalue weighted by Gasteiger charge is 2.33. The number of benzene rings is 1. The predicted octanol–water partition coefficient (Wildman–Crippen LogP) is 2.35. The van der Waals surface area contributed by atoms with E-state index in [0.29, 0.717) is 17.9 Å². The van der Waals surface area contributed by atoms with E-state index in [4.69, 9.17) is 13.9 Å². The summed E-state index contributed by atoms with van der Waals surface area (Å²) in [5.74, 6) is -0.455. The Balaban J connectivity index is 1.57. The van der Waals surface area contributed by atoms with E-state index in [-0.39, 0.29) is 23.1 Å². The number of carbonyl (C=O) groups excluding carboxylic acids is 2. The third-order valence-corrected chi connectivity index (χ3v) is 8.30. The maximum atomic E-state index is 13.0. The van der Waals surface area contributed by atoms with E-state index in [9.17, 15) is 18.0 Å². The number of nitrogens with one attached hydrogen (secondary N) is 2. The summed E-state index contributed by atoms with van der Waals surface area (Å²) in [6, 6.07) is 11.6. The van der Waals surface area contributed by atoms with Gasteiger partial charge in [-0.05, 0) is 47.7 Å². The van der Waals surface area contributed by atoms with Crippen molar-refractivity contribution in [1.29, 1.82) is 0 Å². The van der Waals surface area contributed by atoms with Crippen LogP contribution in [0.2, 0.25) is 0 Å². The molecule has 1 aromatic carbocycles. The second-order valence-electron chi connectivity index (χ2n) is 6.89. The number of furan rings is 1. The molecule has 0 radical (unpaired) electrons. The van der Waals surface area contributed by atoms with Crippen molar-refractivity contribution >= 4 is 33.0 Å². The third-order valence-electron chi connectivity index (χ3n) is 4.81. The lowest BCUT2D eigenvalue weighted by molar-refractivity contribution is -0.139. The summed E-state index contributed by atoms with van der Waals surface area (Å²) in [6.07, 6.45) is 1.82. The second kappa shape index (κ2) is 11.0. The molecule has 0 saturated carbocycles. The average molecular weight is 493 g/mol. The van der Waals surface area contributed by atoms with Crippen LogP contribution in [0.3, 0.4) is 0 Å². The van der Waals surface area contributed by atoms with E-state index in [2.05, 4.69) is 10.6 Å². The van der Waals surface area contributed by atoms with Crippen molar-refractivity contribution in [2.24, 2.45) is 0 Å². The molecule has 1 atom stereocenters. The van der Waals surface area contributed by atoms with Crippen LogP contribution in [0.4, 0.5) is 0 Å². The SMILES string of the molecule is COc1ccc(CCNC(=O)C(=O)NC[C@H](c2ccco2)S(=O)(=O)c2cccs2)cc1OC. The molecule has 0 aliphatic rings. The molecule has 176 valence electrons. The molecule has 9 nitrogen and oxygen atoms in total. The summed E-state index contributed by atoms with van der Waals surface area (Å²) < 4.78 is 41.8. The Bertz CT molecular complexity index is 1170. The highest BCUT2D eigenvalue weighted by molar-refractivity contribution is 7.93. The highest BCUT2D eigenvalue weighted by Crippen LogP contribution is 2.31. The topological polar surface area (TPSA) is 124 Å². The summed E-state index contributed by atoms with van der Waals surface area (Å²) in [7, 11) is -0.741. The first-order valence-electron chi connectivity index (χ1n) is 9.94. The van der Waals surface area contributed by atoms with Gasteiger partial charge >= 0.3 is 11.8 Å². The van der Waals surface area contributed by atoms with Gasteiger partial charge in [0.2, 0.25) is 0 Å². The van der Waals surface area contributed by atoms with E-state index < -0.39 is 26.9 Å². The lowest BCUT2D eigenvalue weighted by Crippen LogP contribution is -2.42. The Morgan fingerprint density at radius 1 is 1.03 bits per heavy atom. The van der Waals surface area contributed by atoms with Gasteiger partial charge in [0.05, 0.1) is 20.5 Å². The molecule has 2 aromatic heterocycles. The molecule has 11 heteroatoms. The molecule has 0 aliphatic carbocycles. The molecule has 2 heterocycles. The Morgan fingerprint density at radius 2 is 1.79 bits per heavy atom. The number of hydrogen-bond acceptors (Lipinski definition) is 8. The van der Waals surface area contributed by atoms with Crippen molar-refractivity contribution in [2.45, 2.75) is 15.9 Å². The Labute approximate surface area is 195 Å². The molecule has 3 rings (SSSR count). The quantitative estimate of drug-likeness (QED) is 0.416. The summed E-state index contributed by atoms with van der Waals surface area (Å²) in [5, 5.41) is 5.42. The van der Waals surface area contributed by atoms with Crippen molar-refractivity contribution in [3.63, 3.8) is 0 Å². The van der Waals surface area contributed by atoms with E-state index in [0.717, 1.165) is 16.9 Å². The largest absolute Gasteiger partial charge is 0.493 e. The van der Waals surface area contributed by atoms with Crippen LogP contribution in [0.15, 0.2) is 62.7 Å². The highest BCUT2D eigenvalue weighted by atomic mass is 32.2. The zero-order valence-electron chi connectivity index (χ0n) is 18.1. The minimum atomic E-state index is -3.81. The fourth-order valence-corrected chi connectivity index (χ4v) is 5.90. The first-order valence-corrected chi connectivity index (χ1v) is 12.4. The molecule has 0 saturated heterocycles. The number of methoxy groups -OCH3 is 2. The van der Waals surface area contributed by atoms with Crippen molar-refractivity contribution in [3.05, 3.63) is 65.4 Å². The van der Waals surface area contributed by atoms with Gasteiger partial charge in [-0.3, -0.25) is 9.59 Å². The van der Waals surface area contributed by atoms with Crippen LogP contribution in [0, 0.1) is 0 Å². The fourth-order valence-electron chi connectivity index (χ4n) is 3.11. The van der Waals surface area contributed by atoms with Gasteiger partial charge in [-0.15, -0.1) is 11.3 Å². The van der Waals surface area contributed by atoms with Crippen LogP contribution < -0.4 is 20.1 Å². The zero-order valence-corrected chi connectivity index (χ0v) is 19.7. The molecule has 0 unspecified atom stereocenters. The van der Waals surface area contributed by atoms with Gasteiger partial charge in [0, 0.05) is 13.1 Å². The lowest BCUT2D eigenvalue weighted by Gasteiger charge is -2.15. The van der Waals surface area contributed by atoms with E-state index in [1.807, 2.05) is 6.07 Å². The molecule has 0 spiro atoms. The molecule has 2 N–H and O–H groups in total. The van der Waals surface area contributed by atoms with E-state index >= 15 is 0 Å². The predicted molar refractivity (Wildman–Crippen MR) is 122 cm³/mol. The monoisotopic (exact) mass is 492 g/mol. The minimum Gasteiger partial charge on any atom is -0.493 e. The van der Waals surface area contributed by atoms with Gasteiger partial charge in [0.25, 0.3) is 0 Å². The number of ether oxygens (including phenoxy) is 2. The summed E-state index contributed by atoms with van der Waals surface area (Å²) in [6.45, 7) is -0.105. The number of sulfone groups is 1. The molecule has 0 fully saturated rings. The average Bonchev–Trinajstić information content (AvgIpc) is 3.53. The van der Waals surface area contributed by atoms with Crippen molar-refractivity contribution < 1.29 is 31.9 Å². The van der Waals surface area contributed by atoms with Crippen LogP contribution >= 0.6 is 11.3 Å². The van der Waals surface area contributed by atoms with Crippen LogP contribution in [0.5, 0.6) is 11.5 Å². The van der Waals surface area contributed by atoms with Gasteiger partial charge in [-0.1, -0.05) is 12.1 Å². The van der Waals surface area contributed by atoms with Crippen LogP contribution in [-0.2, 0) is 25.8 Å². The molecule has 2 amide bonds. The van der Waals surface area contributed by atoms with Crippen molar-refractivity contribution in [1.82, 2.24) is 10.6 Å². The summed E-state index contributed by atoms with van der Waals surface area (Å²) in [5.41, 5.74) is 0.883. The second-order valence-corrected chi connectivity index (χ2v) is 10.2. The van der Waals surface area contributed by atoms with Crippen molar-refractivity contribution in [3.8, 4) is 11.5 Å². The minimum absolute atomic E-state index is 0.150.